The SMILES string of the molecule is COc1ccc(S(=O)(=O)Nc2ccc3c(c2)CC(=O)N([C@@H](C)CO)C[C@H](C)[C@H](CN(C)Cc2ccc(C(=O)Nc4ccccc4N)cc2)O3)cc1. The molecule has 0 unspecified atom stereocenters. The van der Waals surface area contributed by atoms with Crippen molar-refractivity contribution in [3.05, 3.63) is 108 Å². The van der Waals surface area contributed by atoms with Gasteiger partial charge in [0.1, 0.15) is 17.6 Å². The van der Waals surface area contributed by atoms with Crippen molar-refractivity contribution in [2.45, 2.75) is 43.9 Å². The second-order valence-electron chi connectivity index (χ2n) is 12.9. The zero-order chi connectivity index (χ0) is 36.7. The van der Waals surface area contributed by atoms with Gasteiger partial charge >= 0.3 is 0 Å². The van der Waals surface area contributed by atoms with Crippen LogP contribution < -0.4 is 25.2 Å². The predicted molar refractivity (Wildman–Crippen MR) is 197 cm³/mol. The number of rotatable bonds is 12. The molecule has 0 aromatic heterocycles. The third-order valence-corrected chi connectivity index (χ3v) is 10.3. The maximum Gasteiger partial charge on any atom is 0.261 e. The molecule has 0 saturated heterocycles. The molecule has 1 aliphatic heterocycles. The Labute approximate surface area is 299 Å². The molecule has 4 aromatic carbocycles. The molecule has 0 spiro atoms. The molecule has 0 fully saturated rings. The van der Waals surface area contributed by atoms with Crippen molar-refractivity contribution in [1.82, 2.24) is 9.80 Å². The second-order valence-corrected chi connectivity index (χ2v) is 14.6. The first-order valence-electron chi connectivity index (χ1n) is 16.7. The number of hydrogen-bond acceptors (Lipinski definition) is 9. The van der Waals surface area contributed by atoms with Gasteiger partial charge in [0.15, 0.2) is 0 Å². The van der Waals surface area contributed by atoms with Crippen molar-refractivity contribution in [2.24, 2.45) is 5.92 Å². The van der Waals surface area contributed by atoms with Crippen LogP contribution in [0.1, 0.15) is 35.3 Å². The number of aliphatic hydroxyl groups excluding tert-OH is 1. The number of anilines is 3. The van der Waals surface area contributed by atoms with Crippen LogP contribution in [0.4, 0.5) is 17.1 Å². The highest BCUT2D eigenvalue weighted by atomic mass is 32.2. The molecule has 1 aliphatic rings. The number of carbonyl (C=O) groups is 2. The molecule has 2 amide bonds. The van der Waals surface area contributed by atoms with Gasteiger partial charge in [0.05, 0.1) is 42.4 Å². The zero-order valence-electron chi connectivity index (χ0n) is 29.2. The van der Waals surface area contributed by atoms with Crippen molar-refractivity contribution >= 4 is 38.9 Å². The molecule has 0 aliphatic carbocycles. The van der Waals surface area contributed by atoms with Crippen LogP contribution in [-0.4, -0.2) is 81.1 Å². The first-order valence-corrected chi connectivity index (χ1v) is 18.1. The molecule has 13 heteroatoms. The first kappa shape index (κ1) is 37.2. The van der Waals surface area contributed by atoms with Crippen LogP contribution >= 0.6 is 0 Å². The standard InChI is InChI=1S/C38H45N5O7S/c1-25-21-43(26(2)24-44)37(45)20-29-19-30(41-51(47,48)32-16-14-31(49-4)15-17-32)13-18-35(29)50-36(25)23-42(3)22-27-9-11-28(12-10-27)38(46)40-34-8-6-5-7-33(34)39/h5-19,25-26,36,41,44H,20-24,39H2,1-4H3,(H,40,46)/t25-,26-,36-/m0/s1. The highest BCUT2D eigenvalue weighted by molar-refractivity contribution is 7.92. The van der Waals surface area contributed by atoms with Crippen LogP contribution in [0.25, 0.3) is 0 Å². The number of nitrogen functional groups attached to an aromatic ring is 1. The molecule has 5 N–H and O–H groups in total. The summed E-state index contributed by atoms with van der Waals surface area (Å²) >= 11 is 0. The summed E-state index contributed by atoms with van der Waals surface area (Å²) in [5.41, 5.74) is 9.31. The van der Waals surface area contributed by atoms with Crippen molar-refractivity contribution in [2.75, 3.05) is 49.6 Å². The highest BCUT2D eigenvalue weighted by Gasteiger charge is 2.31. The molecular formula is C38H45N5O7S. The number of methoxy groups -OCH3 is 1. The summed E-state index contributed by atoms with van der Waals surface area (Å²) in [6, 6.07) is 25.0. The molecule has 51 heavy (non-hydrogen) atoms. The zero-order valence-corrected chi connectivity index (χ0v) is 30.0. The fraction of sp³-hybridized carbons (Fsp3) is 0.316. The van der Waals surface area contributed by atoms with Crippen LogP contribution in [0.15, 0.2) is 95.9 Å². The summed E-state index contributed by atoms with van der Waals surface area (Å²) in [5.74, 6) is 0.435. The molecule has 12 nitrogen and oxygen atoms in total. The van der Waals surface area contributed by atoms with E-state index in [4.69, 9.17) is 15.2 Å². The van der Waals surface area contributed by atoms with Crippen LogP contribution in [0.5, 0.6) is 11.5 Å². The smallest absolute Gasteiger partial charge is 0.261 e. The van der Waals surface area contributed by atoms with Crippen molar-refractivity contribution in [1.29, 1.82) is 0 Å². The minimum atomic E-state index is -3.93. The number of fused-ring (bicyclic) bond motifs is 1. The molecule has 0 radical (unpaired) electrons. The van der Waals surface area contributed by atoms with Gasteiger partial charge < -0.3 is 30.5 Å². The molecule has 1 heterocycles. The Morgan fingerprint density at radius 3 is 2.45 bits per heavy atom. The summed E-state index contributed by atoms with van der Waals surface area (Å²) in [6.45, 7) is 5.03. The number of carbonyl (C=O) groups excluding carboxylic acids is 2. The average molecular weight is 716 g/mol. The van der Waals surface area contributed by atoms with Gasteiger partial charge in [-0.3, -0.25) is 19.2 Å². The van der Waals surface area contributed by atoms with Crippen molar-refractivity contribution in [3.8, 4) is 11.5 Å². The number of aliphatic hydroxyl groups is 1. The van der Waals surface area contributed by atoms with E-state index in [2.05, 4.69) is 14.9 Å². The van der Waals surface area contributed by atoms with Crippen LogP contribution in [0.2, 0.25) is 0 Å². The van der Waals surface area contributed by atoms with Gasteiger partial charge in [-0.15, -0.1) is 0 Å². The number of amides is 2. The van der Waals surface area contributed by atoms with Gasteiger partial charge in [0, 0.05) is 42.4 Å². The number of ether oxygens (including phenoxy) is 2. The molecule has 3 atom stereocenters. The lowest BCUT2D eigenvalue weighted by Gasteiger charge is -2.34. The highest BCUT2D eigenvalue weighted by Crippen LogP contribution is 2.30. The lowest BCUT2D eigenvalue weighted by Crippen LogP contribution is -2.47. The Kier molecular flexibility index (Phi) is 11.9. The molecule has 4 aromatic rings. The van der Waals surface area contributed by atoms with Crippen molar-refractivity contribution < 1.29 is 32.6 Å². The Hall–Kier alpha value is -5.11. The van der Waals surface area contributed by atoms with Crippen LogP contribution in [-0.2, 0) is 27.8 Å². The van der Waals surface area contributed by atoms with E-state index in [0.717, 1.165) is 5.56 Å². The lowest BCUT2D eigenvalue weighted by atomic mass is 10.0. The summed E-state index contributed by atoms with van der Waals surface area (Å²) in [7, 11) is -0.453. The van der Waals surface area contributed by atoms with E-state index in [-0.39, 0.29) is 47.4 Å². The second kappa shape index (κ2) is 16.3. The van der Waals surface area contributed by atoms with Crippen LogP contribution in [0.3, 0.4) is 0 Å². The van der Waals surface area contributed by atoms with E-state index in [0.29, 0.717) is 53.6 Å². The van der Waals surface area contributed by atoms with E-state index < -0.39 is 16.1 Å². The molecule has 0 bridgehead atoms. The molecule has 5 rings (SSSR count). The Morgan fingerprint density at radius 2 is 1.78 bits per heavy atom. The Morgan fingerprint density at radius 1 is 1.08 bits per heavy atom. The molecule has 270 valence electrons. The number of para-hydroxylation sites is 2. The number of sulfonamides is 1. The van der Waals surface area contributed by atoms with E-state index in [1.165, 1.54) is 19.2 Å². The lowest BCUT2D eigenvalue weighted by molar-refractivity contribution is -0.134. The fourth-order valence-corrected chi connectivity index (χ4v) is 6.98. The summed E-state index contributed by atoms with van der Waals surface area (Å²) < 4.78 is 40.7. The summed E-state index contributed by atoms with van der Waals surface area (Å²) in [4.78, 5) is 30.3. The number of hydrogen-bond donors (Lipinski definition) is 4. The minimum Gasteiger partial charge on any atom is -0.497 e. The molecular weight excluding hydrogens is 671 g/mol. The maximum atomic E-state index is 13.6. The normalized spacial score (nSPS) is 17.0. The largest absolute Gasteiger partial charge is 0.497 e. The average Bonchev–Trinajstić information content (AvgIpc) is 3.16. The van der Waals surface area contributed by atoms with E-state index in [1.807, 2.05) is 26.1 Å². The van der Waals surface area contributed by atoms with Gasteiger partial charge in [-0.25, -0.2) is 8.42 Å². The maximum absolute atomic E-state index is 13.6. The summed E-state index contributed by atoms with van der Waals surface area (Å²) in [5, 5.41) is 12.8. The number of nitrogens with zero attached hydrogens (tertiary/aromatic N) is 2. The van der Waals surface area contributed by atoms with Crippen molar-refractivity contribution in [3.63, 3.8) is 0 Å². The van der Waals surface area contributed by atoms with Gasteiger partial charge in [-0.2, -0.15) is 0 Å². The Bertz CT molecular complexity index is 1940. The van der Waals surface area contributed by atoms with E-state index >= 15 is 0 Å². The van der Waals surface area contributed by atoms with E-state index in [1.54, 1.807) is 78.6 Å². The number of nitrogens with one attached hydrogen (secondary N) is 2. The predicted octanol–water partition coefficient (Wildman–Crippen LogP) is 4.61. The third-order valence-electron chi connectivity index (χ3n) is 8.91. The summed E-state index contributed by atoms with van der Waals surface area (Å²) in [6.07, 6.45) is -0.402. The van der Waals surface area contributed by atoms with E-state index in [9.17, 15) is 23.1 Å². The number of benzene rings is 4. The topological polar surface area (TPSA) is 164 Å². The third kappa shape index (κ3) is 9.37. The van der Waals surface area contributed by atoms with Crippen LogP contribution in [0, 0.1) is 5.92 Å². The molecule has 0 saturated carbocycles. The number of likely N-dealkylation sites (N-methyl/N-ethyl adjacent to an activating group) is 1. The van der Waals surface area contributed by atoms with Gasteiger partial charge in [-0.05, 0) is 86.3 Å². The number of nitrogens with two attached hydrogens (primary N) is 1. The quantitative estimate of drug-likeness (QED) is 0.154. The monoisotopic (exact) mass is 715 g/mol. The van der Waals surface area contributed by atoms with Gasteiger partial charge in [-0.1, -0.05) is 31.2 Å². The minimum absolute atomic E-state index is 0.0378. The first-order chi connectivity index (χ1) is 24.4. The fourth-order valence-electron chi connectivity index (χ4n) is 5.93. The van der Waals surface area contributed by atoms with Gasteiger partial charge in [0.2, 0.25) is 5.91 Å². The van der Waals surface area contributed by atoms with Gasteiger partial charge in [0.25, 0.3) is 15.9 Å². The Balaban J connectivity index is 1.33.